The fourth-order valence-electron chi connectivity index (χ4n) is 4.09. The maximum atomic E-state index is 13.0. The molecule has 1 saturated carbocycles. The van der Waals surface area contributed by atoms with E-state index in [-0.39, 0.29) is 11.5 Å². The van der Waals surface area contributed by atoms with Crippen LogP contribution in [0.3, 0.4) is 0 Å². The highest BCUT2D eigenvalue weighted by Crippen LogP contribution is 2.35. The summed E-state index contributed by atoms with van der Waals surface area (Å²) in [5, 5.41) is 4.72. The van der Waals surface area contributed by atoms with E-state index in [1.54, 1.807) is 22.7 Å². The van der Waals surface area contributed by atoms with E-state index in [9.17, 15) is 13.2 Å². The van der Waals surface area contributed by atoms with Crippen LogP contribution in [-0.4, -0.2) is 40.9 Å². The SMILES string of the molecule is CCCOc1ccc(NS(C)(=O)=O)cc1-c1nn2c(C3CCCC3)nc(C)c2c(=O)[nH]1. The number of anilines is 1. The highest BCUT2D eigenvalue weighted by atomic mass is 32.2. The Morgan fingerprint density at radius 1 is 1.29 bits per heavy atom. The molecule has 31 heavy (non-hydrogen) atoms. The second-order valence-corrected chi connectivity index (χ2v) is 9.78. The van der Waals surface area contributed by atoms with E-state index in [0.717, 1.165) is 44.2 Å². The zero-order valence-corrected chi connectivity index (χ0v) is 18.8. The van der Waals surface area contributed by atoms with Crippen LogP contribution in [-0.2, 0) is 10.0 Å². The summed E-state index contributed by atoms with van der Waals surface area (Å²) in [6.45, 7) is 4.29. The molecule has 1 aliphatic rings. The first-order valence-corrected chi connectivity index (χ1v) is 12.4. The zero-order valence-electron chi connectivity index (χ0n) is 17.9. The van der Waals surface area contributed by atoms with Crippen molar-refractivity contribution in [2.24, 2.45) is 0 Å². The molecule has 9 nitrogen and oxygen atoms in total. The van der Waals surface area contributed by atoms with Gasteiger partial charge in [-0.2, -0.15) is 0 Å². The molecule has 0 spiro atoms. The number of fused-ring (bicyclic) bond motifs is 1. The van der Waals surface area contributed by atoms with E-state index in [1.807, 2.05) is 13.8 Å². The van der Waals surface area contributed by atoms with Crippen LogP contribution in [0.15, 0.2) is 23.0 Å². The van der Waals surface area contributed by atoms with Crippen LogP contribution in [0, 0.1) is 6.92 Å². The molecule has 2 heterocycles. The van der Waals surface area contributed by atoms with Gasteiger partial charge in [0, 0.05) is 11.6 Å². The van der Waals surface area contributed by atoms with Gasteiger partial charge >= 0.3 is 0 Å². The van der Waals surface area contributed by atoms with Crippen LogP contribution in [0.5, 0.6) is 5.75 Å². The Morgan fingerprint density at radius 2 is 2.03 bits per heavy atom. The van der Waals surface area contributed by atoms with Crippen molar-refractivity contribution in [3.63, 3.8) is 0 Å². The minimum Gasteiger partial charge on any atom is -0.493 e. The van der Waals surface area contributed by atoms with Crippen LogP contribution >= 0.6 is 0 Å². The maximum Gasteiger partial charge on any atom is 0.277 e. The number of aromatic nitrogens is 4. The smallest absolute Gasteiger partial charge is 0.277 e. The first kappa shape index (κ1) is 21.4. The van der Waals surface area contributed by atoms with E-state index in [1.165, 1.54) is 0 Å². The lowest BCUT2D eigenvalue weighted by molar-refractivity contribution is 0.318. The molecule has 2 aromatic heterocycles. The number of imidazole rings is 1. The summed E-state index contributed by atoms with van der Waals surface area (Å²) >= 11 is 0. The van der Waals surface area contributed by atoms with Gasteiger partial charge in [0.25, 0.3) is 5.56 Å². The number of rotatable bonds is 7. The van der Waals surface area contributed by atoms with Gasteiger partial charge < -0.3 is 9.72 Å². The monoisotopic (exact) mass is 445 g/mol. The topological polar surface area (TPSA) is 118 Å². The number of aryl methyl sites for hydroxylation is 1. The van der Waals surface area contributed by atoms with Crippen molar-refractivity contribution in [3.05, 3.63) is 40.1 Å². The van der Waals surface area contributed by atoms with Crippen molar-refractivity contribution in [2.45, 2.75) is 51.9 Å². The van der Waals surface area contributed by atoms with Gasteiger partial charge in [-0.15, -0.1) is 5.10 Å². The highest BCUT2D eigenvalue weighted by molar-refractivity contribution is 7.92. The number of benzene rings is 1. The number of nitrogens with one attached hydrogen (secondary N) is 2. The largest absolute Gasteiger partial charge is 0.493 e. The summed E-state index contributed by atoms with van der Waals surface area (Å²) in [6.07, 6.45) is 6.23. The first-order valence-electron chi connectivity index (χ1n) is 10.5. The lowest BCUT2D eigenvalue weighted by atomic mass is 10.1. The number of aromatic amines is 1. The van der Waals surface area contributed by atoms with Crippen LogP contribution in [0.2, 0.25) is 0 Å². The Balaban J connectivity index is 1.89. The third-order valence-electron chi connectivity index (χ3n) is 5.42. The van der Waals surface area contributed by atoms with Gasteiger partial charge in [0.05, 0.1) is 24.1 Å². The van der Waals surface area contributed by atoms with Crippen molar-refractivity contribution in [2.75, 3.05) is 17.6 Å². The molecule has 0 saturated heterocycles. The maximum absolute atomic E-state index is 13.0. The lowest BCUT2D eigenvalue weighted by Gasteiger charge is -2.14. The van der Waals surface area contributed by atoms with E-state index in [2.05, 4.69) is 14.7 Å². The molecule has 10 heteroatoms. The normalized spacial score (nSPS) is 14.9. The molecule has 3 aromatic rings. The third kappa shape index (κ3) is 4.43. The highest BCUT2D eigenvalue weighted by Gasteiger charge is 2.25. The average Bonchev–Trinajstić information content (AvgIpc) is 3.34. The molecule has 2 N–H and O–H groups in total. The molecule has 0 unspecified atom stereocenters. The Hall–Kier alpha value is -2.88. The summed E-state index contributed by atoms with van der Waals surface area (Å²) < 4.78 is 33.4. The number of H-pyrrole nitrogens is 1. The zero-order chi connectivity index (χ0) is 22.2. The molecule has 0 amide bonds. The lowest BCUT2D eigenvalue weighted by Crippen LogP contribution is -2.17. The number of ether oxygens (including phenoxy) is 1. The van der Waals surface area contributed by atoms with Gasteiger partial charge in [-0.1, -0.05) is 19.8 Å². The molecule has 4 rings (SSSR count). The Kier molecular flexibility index (Phi) is 5.74. The Bertz CT molecular complexity index is 1270. The molecule has 1 aromatic carbocycles. The van der Waals surface area contributed by atoms with Crippen LogP contribution < -0.4 is 15.0 Å². The van der Waals surface area contributed by atoms with Gasteiger partial charge in [0.1, 0.15) is 11.6 Å². The molecule has 1 fully saturated rings. The average molecular weight is 446 g/mol. The minimum atomic E-state index is -3.46. The summed E-state index contributed by atoms with van der Waals surface area (Å²) in [6, 6.07) is 4.92. The van der Waals surface area contributed by atoms with E-state index < -0.39 is 10.0 Å². The molecule has 0 aliphatic heterocycles. The van der Waals surface area contributed by atoms with Crippen molar-refractivity contribution in [1.82, 2.24) is 19.6 Å². The van der Waals surface area contributed by atoms with Crippen LogP contribution in [0.4, 0.5) is 5.69 Å². The van der Waals surface area contributed by atoms with Gasteiger partial charge in [-0.3, -0.25) is 9.52 Å². The molecule has 166 valence electrons. The van der Waals surface area contributed by atoms with E-state index >= 15 is 0 Å². The fourth-order valence-corrected chi connectivity index (χ4v) is 4.65. The fraction of sp³-hybridized carbons (Fsp3) is 0.476. The molecular weight excluding hydrogens is 418 g/mol. The number of sulfonamides is 1. The summed E-state index contributed by atoms with van der Waals surface area (Å²) in [5.74, 6) is 1.90. The summed E-state index contributed by atoms with van der Waals surface area (Å²) in [4.78, 5) is 20.4. The minimum absolute atomic E-state index is 0.275. The van der Waals surface area contributed by atoms with Gasteiger partial charge in [0.2, 0.25) is 10.0 Å². The molecular formula is C21H27N5O4S. The third-order valence-corrected chi connectivity index (χ3v) is 6.03. The molecule has 0 atom stereocenters. The predicted molar refractivity (Wildman–Crippen MR) is 119 cm³/mol. The van der Waals surface area contributed by atoms with Crippen molar-refractivity contribution < 1.29 is 13.2 Å². The van der Waals surface area contributed by atoms with E-state index in [4.69, 9.17) is 9.84 Å². The van der Waals surface area contributed by atoms with Crippen molar-refractivity contribution in [3.8, 4) is 17.1 Å². The quantitative estimate of drug-likeness (QED) is 0.576. The second-order valence-electron chi connectivity index (χ2n) is 8.03. The van der Waals surface area contributed by atoms with Gasteiger partial charge in [-0.05, 0) is 44.4 Å². The van der Waals surface area contributed by atoms with Gasteiger partial charge in [0.15, 0.2) is 11.3 Å². The van der Waals surface area contributed by atoms with Crippen molar-refractivity contribution in [1.29, 1.82) is 0 Å². The van der Waals surface area contributed by atoms with Crippen molar-refractivity contribution >= 4 is 21.2 Å². The number of hydrogen-bond acceptors (Lipinski definition) is 6. The summed E-state index contributed by atoms with van der Waals surface area (Å²) in [7, 11) is -3.46. The first-order chi connectivity index (χ1) is 14.8. The number of nitrogens with zero attached hydrogens (tertiary/aromatic N) is 3. The molecule has 1 aliphatic carbocycles. The van der Waals surface area contributed by atoms with Gasteiger partial charge in [-0.25, -0.2) is 17.9 Å². The molecule has 0 bridgehead atoms. The number of hydrogen-bond donors (Lipinski definition) is 2. The standard InChI is InChI=1S/C21H27N5O4S/c1-4-11-30-17-10-9-15(25-31(3,28)29)12-16(17)19-23-21(27)18-13(2)22-20(26(18)24-19)14-7-5-6-8-14/h9-10,12,14,25H,4-8,11H2,1-3H3,(H,23,24,27). The molecule has 0 radical (unpaired) electrons. The Morgan fingerprint density at radius 3 is 2.71 bits per heavy atom. The predicted octanol–water partition coefficient (Wildman–Crippen LogP) is 3.21. The van der Waals surface area contributed by atoms with Crippen LogP contribution in [0.1, 0.15) is 56.5 Å². The summed E-state index contributed by atoms with van der Waals surface area (Å²) in [5.41, 5.74) is 1.66. The van der Waals surface area contributed by atoms with Crippen LogP contribution in [0.25, 0.3) is 16.9 Å². The van der Waals surface area contributed by atoms with E-state index in [0.29, 0.717) is 40.6 Å². The second kappa shape index (κ2) is 8.33. The Labute approximate surface area is 180 Å².